The van der Waals surface area contributed by atoms with E-state index in [0.29, 0.717) is 39.6 Å². The average Bonchev–Trinajstić information content (AvgIpc) is 3.42. The van der Waals surface area contributed by atoms with Crippen molar-refractivity contribution >= 4 is 45.7 Å². The van der Waals surface area contributed by atoms with E-state index in [4.69, 9.17) is 11.6 Å². The average molecular weight is 468 g/mol. The molecule has 0 aliphatic carbocycles. The first-order valence-electron chi connectivity index (χ1n) is 10.5. The molecule has 0 fully saturated rings. The highest BCUT2D eigenvalue weighted by Crippen LogP contribution is 2.29. The number of halogens is 1. The zero-order valence-electron chi connectivity index (χ0n) is 17.8. The minimum absolute atomic E-state index is 0.0658. The molecule has 9 nitrogen and oxygen atoms in total. The molecule has 2 aromatic heterocycles. The van der Waals surface area contributed by atoms with Crippen LogP contribution in [-0.4, -0.2) is 26.9 Å². The van der Waals surface area contributed by atoms with Crippen LogP contribution in [0.25, 0.3) is 22.3 Å². The number of nitrogens with zero attached hydrogens (tertiary/aromatic N) is 1. The van der Waals surface area contributed by atoms with Gasteiger partial charge in [-0.3, -0.25) is 19.1 Å². The summed E-state index contributed by atoms with van der Waals surface area (Å²) in [7, 11) is 0. The summed E-state index contributed by atoms with van der Waals surface area (Å²) in [6, 6.07) is 11.9. The predicted molar refractivity (Wildman–Crippen MR) is 127 cm³/mol. The van der Waals surface area contributed by atoms with Crippen LogP contribution < -0.4 is 16.4 Å². The molecule has 0 saturated carbocycles. The van der Waals surface area contributed by atoms with Gasteiger partial charge in [0.2, 0.25) is 5.91 Å². The number of rotatable bonds is 8. The third-order valence-corrected chi connectivity index (χ3v) is 5.34. The van der Waals surface area contributed by atoms with Crippen molar-refractivity contribution in [3.63, 3.8) is 0 Å². The van der Waals surface area contributed by atoms with E-state index in [-0.39, 0.29) is 11.7 Å². The van der Waals surface area contributed by atoms with Crippen LogP contribution in [0.1, 0.15) is 43.1 Å². The SMILES string of the molecule is CCCCCC(=O)Nc1cccc2cc(C(=O)Nc3ccc(Cl)cc3-c3noc(=O)[nH]3)[nH]c12. The first-order chi connectivity index (χ1) is 15.9. The third-order valence-electron chi connectivity index (χ3n) is 5.11. The molecule has 2 amide bonds. The second-order valence-electron chi connectivity index (χ2n) is 7.55. The molecule has 0 bridgehead atoms. The second-order valence-corrected chi connectivity index (χ2v) is 7.98. The number of anilines is 2. The number of carbonyl (C=O) groups excluding carboxylic acids is 2. The summed E-state index contributed by atoms with van der Waals surface area (Å²) in [5, 5.41) is 10.6. The van der Waals surface area contributed by atoms with Crippen LogP contribution in [0.4, 0.5) is 11.4 Å². The van der Waals surface area contributed by atoms with Crippen molar-refractivity contribution in [3.05, 3.63) is 63.7 Å². The van der Waals surface area contributed by atoms with Crippen LogP contribution in [0.15, 0.2) is 51.8 Å². The van der Waals surface area contributed by atoms with E-state index in [2.05, 4.69) is 37.2 Å². The van der Waals surface area contributed by atoms with Crippen molar-refractivity contribution in [2.75, 3.05) is 10.6 Å². The molecule has 4 N–H and O–H groups in total. The number of benzene rings is 2. The lowest BCUT2D eigenvalue weighted by molar-refractivity contribution is -0.116. The molecule has 0 aliphatic rings. The lowest BCUT2D eigenvalue weighted by Crippen LogP contribution is -2.13. The lowest BCUT2D eigenvalue weighted by Gasteiger charge is -2.09. The largest absolute Gasteiger partial charge is 0.439 e. The first-order valence-corrected chi connectivity index (χ1v) is 10.9. The molecule has 170 valence electrons. The molecule has 0 unspecified atom stereocenters. The van der Waals surface area contributed by atoms with Gasteiger partial charge in [-0.15, -0.1) is 0 Å². The Balaban J connectivity index is 1.57. The van der Waals surface area contributed by atoms with E-state index in [1.165, 1.54) is 0 Å². The molecule has 0 atom stereocenters. The zero-order chi connectivity index (χ0) is 23.4. The van der Waals surface area contributed by atoms with E-state index < -0.39 is 11.7 Å². The molecule has 0 aliphatic heterocycles. The maximum atomic E-state index is 13.0. The summed E-state index contributed by atoms with van der Waals surface area (Å²) in [5.74, 6) is -1.06. The lowest BCUT2D eigenvalue weighted by atomic mass is 10.1. The quantitative estimate of drug-likeness (QED) is 0.272. The van der Waals surface area contributed by atoms with Gasteiger partial charge in [0.15, 0.2) is 5.82 Å². The van der Waals surface area contributed by atoms with Gasteiger partial charge in [-0.2, -0.15) is 0 Å². The van der Waals surface area contributed by atoms with Crippen LogP contribution in [0.5, 0.6) is 0 Å². The number of H-pyrrole nitrogens is 2. The Morgan fingerprint density at radius 3 is 2.67 bits per heavy atom. The highest BCUT2D eigenvalue weighted by Gasteiger charge is 2.17. The molecule has 4 aromatic rings. The number of nitrogens with one attached hydrogen (secondary N) is 4. The molecule has 0 saturated heterocycles. The Kier molecular flexibility index (Phi) is 6.60. The number of amides is 2. The van der Waals surface area contributed by atoms with Crippen LogP contribution in [0.2, 0.25) is 5.02 Å². The van der Waals surface area contributed by atoms with Gasteiger partial charge in [-0.25, -0.2) is 4.79 Å². The van der Waals surface area contributed by atoms with Crippen LogP contribution >= 0.6 is 11.6 Å². The standard InChI is InChI=1S/C23H22ClN5O4/c1-2-3-4-8-19(30)25-17-7-5-6-13-11-18(26-20(13)17)22(31)27-16-10-9-14(24)12-15(16)21-28-23(32)33-29-21/h5-7,9-12,26H,2-4,8H2,1H3,(H,25,30)(H,27,31)(H,28,29,32). The van der Waals surface area contributed by atoms with Crippen molar-refractivity contribution in [1.82, 2.24) is 15.1 Å². The molecule has 0 radical (unpaired) electrons. The van der Waals surface area contributed by atoms with Gasteiger partial charge in [0.05, 0.1) is 16.9 Å². The molecular weight excluding hydrogens is 446 g/mol. The van der Waals surface area contributed by atoms with Gasteiger partial charge in [-0.05, 0) is 36.8 Å². The summed E-state index contributed by atoms with van der Waals surface area (Å²) >= 11 is 6.08. The second kappa shape index (κ2) is 9.74. The fraction of sp³-hybridized carbons (Fsp3) is 0.217. The minimum atomic E-state index is -0.720. The van der Waals surface area contributed by atoms with Gasteiger partial charge in [0.1, 0.15) is 5.69 Å². The Labute approximate surface area is 193 Å². The van der Waals surface area contributed by atoms with E-state index in [9.17, 15) is 14.4 Å². The number of carbonyl (C=O) groups is 2. The minimum Gasteiger partial charge on any atom is -0.349 e. The van der Waals surface area contributed by atoms with Crippen molar-refractivity contribution in [1.29, 1.82) is 0 Å². The number of unbranched alkanes of at least 4 members (excludes halogenated alkanes) is 2. The monoisotopic (exact) mass is 467 g/mol. The Hall–Kier alpha value is -3.85. The molecule has 33 heavy (non-hydrogen) atoms. The number of aromatic amines is 2. The van der Waals surface area contributed by atoms with Gasteiger partial charge in [0.25, 0.3) is 5.91 Å². The highest BCUT2D eigenvalue weighted by atomic mass is 35.5. The van der Waals surface area contributed by atoms with E-state index >= 15 is 0 Å². The summed E-state index contributed by atoms with van der Waals surface area (Å²) in [5.41, 5.74) is 2.35. The topological polar surface area (TPSA) is 133 Å². The van der Waals surface area contributed by atoms with Gasteiger partial charge < -0.3 is 15.6 Å². The smallest absolute Gasteiger partial charge is 0.349 e. The zero-order valence-corrected chi connectivity index (χ0v) is 18.6. The van der Waals surface area contributed by atoms with Crippen LogP contribution in [0, 0.1) is 0 Å². The molecular formula is C23H22ClN5O4. The summed E-state index contributed by atoms with van der Waals surface area (Å²) in [4.78, 5) is 42.1. The fourth-order valence-electron chi connectivity index (χ4n) is 3.49. The number of para-hydroxylation sites is 1. The Morgan fingerprint density at radius 2 is 1.91 bits per heavy atom. The summed E-state index contributed by atoms with van der Waals surface area (Å²) in [6.45, 7) is 2.09. The normalized spacial score (nSPS) is 11.0. The maximum Gasteiger partial charge on any atom is 0.439 e. The van der Waals surface area contributed by atoms with Crippen molar-refractivity contribution in [2.45, 2.75) is 32.6 Å². The number of fused-ring (bicyclic) bond motifs is 1. The molecule has 10 heteroatoms. The third kappa shape index (κ3) is 5.15. The van der Waals surface area contributed by atoms with Crippen molar-refractivity contribution in [2.24, 2.45) is 0 Å². The number of aromatic nitrogens is 3. The van der Waals surface area contributed by atoms with Gasteiger partial charge in [0, 0.05) is 22.4 Å². The van der Waals surface area contributed by atoms with E-state index in [1.807, 2.05) is 12.1 Å². The first kappa shape index (κ1) is 22.3. The Bertz CT molecular complexity index is 1370. The van der Waals surface area contributed by atoms with Crippen molar-refractivity contribution < 1.29 is 14.1 Å². The van der Waals surface area contributed by atoms with Gasteiger partial charge >= 0.3 is 5.76 Å². The molecule has 2 aromatic carbocycles. The predicted octanol–water partition coefficient (Wildman–Crippen LogP) is 4.94. The van der Waals surface area contributed by atoms with Gasteiger partial charge in [-0.1, -0.05) is 48.7 Å². The maximum absolute atomic E-state index is 13.0. The molecule has 0 spiro atoms. The van der Waals surface area contributed by atoms with E-state index in [0.717, 1.165) is 24.6 Å². The number of hydrogen-bond donors (Lipinski definition) is 4. The summed E-state index contributed by atoms with van der Waals surface area (Å²) < 4.78 is 4.56. The van der Waals surface area contributed by atoms with Crippen molar-refractivity contribution in [3.8, 4) is 11.4 Å². The Morgan fingerprint density at radius 1 is 1.06 bits per heavy atom. The number of hydrogen-bond acceptors (Lipinski definition) is 5. The van der Waals surface area contributed by atoms with E-state index in [1.54, 1.807) is 30.3 Å². The summed E-state index contributed by atoms with van der Waals surface area (Å²) in [6.07, 6.45) is 3.32. The fourth-order valence-corrected chi connectivity index (χ4v) is 3.66. The highest BCUT2D eigenvalue weighted by molar-refractivity contribution is 6.31. The van der Waals surface area contributed by atoms with Crippen LogP contribution in [0.3, 0.4) is 0 Å². The molecule has 4 rings (SSSR count). The van der Waals surface area contributed by atoms with Crippen LogP contribution in [-0.2, 0) is 4.79 Å². The molecule has 2 heterocycles.